The average molecular weight is 301 g/mol. The summed E-state index contributed by atoms with van der Waals surface area (Å²) in [5.41, 5.74) is 7.44. The largest absolute Gasteiger partial charge is 0.356 e. The number of para-hydroxylation sites is 1. The maximum Gasteiger partial charge on any atom is 0.0390 e. The van der Waals surface area contributed by atoms with Gasteiger partial charge < -0.3 is 5.32 Å². The van der Waals surface area contributed by atoms with Crippen molar-refractivity contribution in [1.82, 2.24) is 0 Å². The Balaban J connectivity index is 2.08. The Kier molecular flexibility index (Phi) is 3.96. The van der Waals surface area contributed by atoms with E-state index in [-0.39, 0.29) is 5.41 Å². The molecule has 23 heavy (non-hydrogen) atoms. The first-order valence-electron chi connectivity index (χ1n) is 8.04. The molecule has 2 aromatic carbocycles. The number of hydrogen-bond donors (Lipinski definition) is 1. The Morgan fingerprint density at radius 2 is 1.74 bits per heavy atom. The SMILES string of the molecule is C=CC1=C(/C=C\C)c2cc(Nc3ccccc3)ccc2C1(C)C. The maximum absolute atomic E-state index is 4.04. The first kappa shape index (κ1) is 15.4. The number of hydrogen-bond acceptors (Lipinski definition) is 1. The second-order valence-corrected chi connectivity index (χ2v) is 6.41. The van der Waals surface area contributed by atoms with Crippen LogP contribution in [-0.2, 0) is 5.41 Å². The highest BCUT2D eigenvalue weighted by molar-refractivity contribution is 5.89. The molecule has 0 spiro atoms. The molecule has 1 N–H and O–H groups in total. The van der Waals surface area contributed by atoms with Crippen LogP contribution in [0.4, 0.5) is 11.4 Å². The molecule has 0 fully saturated rings. The fraction of sp³-hybridized carbons (Fsp3) is 0.182. The van der Waals surface area contributed by atoms with Crippen molar-refractivity contribution in [3.8, 4) is 0 Å². The van der Waals surface area contributed by atoms with Crippen LogP contribution in [0, 0.1) is 0 Å². The Morgan fingerprint density at radius 1 is 1.00 bits per heavy atom. The highest BCUT2D eigenvalue weighted by Gasteiger charge is 2.35. The third kappa shape index (κ3) is 2.63. The minimum Gasteiger partial charge on any atom is -0.356 e. The molecule has 0 bridgehead atoms. The summed E-state index contributed by atoms with van der Waals surface area (Å²) in [7, 11) is 0. The van der Waals surface area contributed by atoms with Gasteiger partial charge in [-0.2, -0.15) is 0 Å². The first-order chi connectivity index (χ1) is 11.1. The lowest BCUT2D eigenvalue weighted by atomic mass is 9.81. The number of allylic oxidation sites excluding steroid dienone is 5. The van der Waals surface area contributed by atoms with Crippen molar-refractivity contribution in [2.45, 2.75) is 26.2 Å². The lowest BCUT2D eigenvalue weighted by molar-refractivity contribution is 0.654. The summed E-state index contributed by atoms with van der Waals surface area (Å²) in [6.07, 6.45) is 6.29. The fourth-order valence-electron chi connectivity index (χ4n) is 3.42. The van der Waals surface area contributed by atoms with E-state index in [4.69, 9.17) is 0 Å². The summed E-state index contributed by atoms with van der Waals surface area (Å²) in [5, 5.41) is 3.48. The lowest BCUT2D eigenvalue weighted by Gasteiger charge is -2.22. The molecule has 0 saturated heterocycles. The predicted octanol–water partition coefficient (Wildman–Crippen LogP) is 6.24. The topological polar surface area (TPSA) is 12.0 Å². The summed E-state index contributed by atoms with van der Waals surface area (Å²) in [4.78, 5) is 0. The highest BCUT2D eigenvalue weighted by Crippen LogP contribution is 2.48. The van der Waals surface area contributed by atoms with Gasteiger partial charge in [-0.25, -0.2) is 0 Å². The molecule has 0 saturated carbocycles. The maximum atomic E-state index is 4.04. The number of nitrogens with one attached hydrogen (secondary N) is 1. The molecular formula is C22H23N. The Labute approximate surface area is 139 Å². The summed E-state index contributed by atoms with van der Waals surface area (Å²) in [5.74, 6) is 0. The second kappa shape index (κ2) is 5.92. The van der Waals surface area contributed by atoms with Gasteiger partial charge in [-0.1, -0.05) is 62.9 Å². The Bertz CT molecular complexity index is 792. The predicted molar refractivity (Wildman–Crippen MR) is 101 cm³/mol. The summed E-state index contributed by atoms with van der Waals surface area (Å²) in [6.45, 7) is 10.6. The van der Waals surface area contributed by atoms with Crippen LogP contribution in [0.2, 0.25) is 0 Å². The molecule has 0 aromatic heterocycles. The quantitative estimate of drug-likeness (QED) is 0.705. The zero-order valence-electron chi connectivity index (χ0n) is 14.1. The van der Waals surface area contributed by atoms with Gasteiger partial charge in [0.15, 0.2) is 0 Å². The average Bonchev–Trinajstić information content (AvgIpc) is 2.75. The zero-order valence-corrected chi connectivity index (χ0v) is 14.1. The van der Waals surface area contributed by atoms with Crippen LogP contribution >= 0.6 is 0 Å². The van der Waals surface area contributed by atoms with E-state index in [2.05, 4.69) is 75.2 Å². The molecule has 3 rings (SSSR count). The van der Waals surface area contributed by atoms with E-state index < -0.39 is 0 Å². The van der Waals surface area contributed by atoms with Crippen molar-refractivity contribution in [2.24, 2.45) is 0 Å². The molecule has 0 unspecified atom stereocenters. The molecule has 0 radical (unpaired) electrons. The Hall–Kier alpha value is -2.54. The van der Waals surface area contributed by atoms with Crippen LogP contribution in [0.3, 0.4) is 0 Å². The van der Waals surface area contributed by atoms with Gasteiger partial charge in [0.2, 0.25) is 0 Å². The van der Waals surface area contributed by atoms with Crippen LogP contribution < -0.4 is 5.32 Å². The molecule has 0 aliphatic heterocycles. The van der Waals surface area contributed by atoms with Gasteiger partial charge in [0, 0.05) is 16.8 Å². The van der Waals surface area contributed by atoms with Gasteiger partial charge in [0.25, 0.3) is 0 Å². The smallest absolute Gasteiger partial charge is 0.0390 e. The van der Waals surface area contributed by atoms with Crippen LogP contribution in [0.1, 0.15) is 31.9 Å². The minimum absolute atomic E-state index is 0.00277. The van der Waals surface area contributed by atoms with Gasteiger partial charge in [0.05, 0.1) is 0 Å². The molecular weight excluding hydrogens is 278 g/mol. The van der Waals surface area contributed by atoms with Crippen LogP contribution in [0.15, 0.2) is 78.9 Å². The van der Waals surface area contributed by atoms with E-state index in [1.807, 2.05) is 24.3 Å². The zero-order chi connectivity index (χ0) is 16.4. The number of fused-ring (bicyclic) bond motifs is 1. The molecule has 1 heteroatoms. The van der Waals surface area contributed by atoms with Crippen LogP contribution in [0.25, 0.3) is 5.57 Å². The van der Waals surface area contributed by atoms with E-state index in [0.717, 1.165) is 11.4 Å². The molecule has 0 amide bonds. The van der Waals surface area contributed by atoms with Gasteiger partial charge in [0.1, 0.15) is 0 Å². The molecule has 0 atom stereocenters. The van der Waals surface area contributed by atoms with Crippen molar-refractivity contribution in [2.75, 3.05) is 5.32 Å². The molecule has 1 nitrogen and oxygen atoms in total. The summed E-state index contributed by atoms with van der Waals surface area (Å²) in [6, 6.07) is 16.9. The number of benzene rings is 2. The number of anilines is 2. The van der Waals surface area contributed by atoms with Crippen molar-refractivity contribution >= 4 is 16.9 Å². The van der Waals surface area contributed by atoms with Crippen LogP contribution in [0.5, 0.6) is 0 Å². The normalized spacial score (nSPS) is 15.8. The number of rotatable bonds is 4. The molecule has 0 heterocycles. The van der Waals surface area contributed by atoms with Crippen molar-refractivity contribution in [3.05, 3.63) is 90.0 Å². The van der Waals surface area contributed by atoms with Crippen molar-refractivity contribution in [3.63, 3.8) is 0 Å². The third-order valence-corrected chi connectivity index (χ3v) is 4.55. The second-order valence-electron chi connectivity index (χ2n) is 6.41. The standard InChI is InChI=1S/C22H23N/c1-5-10-18-19-15-17(23-16-11-8-7-9-12-16)13-14-21(19)22(3,4)20(18)6-2/h5-15,23H,2H2,1,3-4H3/b10-5-. The van der Waals surface area contributed by atoms with E-state index in [9.17, 15) is 0 Å². The van der Waals surface area contributed by atoms with E-state index in [1.54, 1.807) is 0 Å². The van der Waals surface area contributed by atoms with E-state index in [1.165, 1.54) is 22.3 Å². The van der Waals surface area contributed by atoms with Gasteiger partial charge in [-0.15, -0.1) is 0 Å². The molecule has 2 aromatic rings. The van der Waals surface area contributed by atoms with E-state index >= 15 is 0 Å². The fourth-order valence-corrected chi connectivity index (χ4v) is 3.42. The summed E-state index contributed by atoms with van der Waals surface area (Å²) < 4.78 is 0. The minimum atomic E-state index is -0.00277. The van der Waals surface area contributed by atoms with Gasteiger partial charge >= 0.3 is 0 Å². The first-order valence-corrected chi connectivity index (χ1v) is 8.04. The molecule has 1 aliphatic rings. The van der Waals surface area contributed by atoms with Crippen molar-refractivity contribution < 1.29 is 0 Å². The lowest BCUT2D eigenvalue weighted by Crippen LogP contribution is -2.15. The summed E-state index contributed by atoms with van der Waals surface area (Å²) >= 11 is 0. The van der Waals surface area contributed by atoms with Crippen LogP contribution in [-0.4, -0.2) is 0 Å². The Morgan fingerprint density at radius 3 is 2.39 bits per heavy atom. The van der Waals surface area contributed by atoms with Crippen molar-refractivity contribution in [1.29, 1.82) is 0 Å². The van der Waals surface area contributed by atoms with E-state index in [0.29, 0.717) is 0 Å². The third-order valence-electron chi connectivity index (χ3n) is 4.55. The monoisotopic (exact) mass is 301 g/mol. The highest BCUT2D eigenvalue weighted by atomic mass is 14.9. The van der Waals surface area contributed by atoms with Gasteiger partial charge in [-0.05, 0) is 53.5 Å². The molecule has 1 aliphatic carbocycles. The molecule has 116 valence electrons. The van der Waals surface area contributed by atoms with Gasteiger partial charge in [-0.3, -0.25) is 0 Å².